The highest BCUT2D eigenvalue weighted by Gasteiger charge is 2.13. The number of nitrogens with one attached hydrogen (secondary N) is 1. The molecular formula is C12H10BrClN4. The van der Waals surface area contributed by atoms with Crippen LogP contribution in [-0.4, -0.2) is 9.78 Å². The Morgan fingerprint density at radius 2 is 2.22 bits per heavy atom. The molecule has 1 aromatic heterocycles. The quantitative estimate of drug-likeness (QED) is 0.914. The fraction of sp³-hybridized carbons (Fsp3) is 0.167. The Hall–Kier alpha value is -1.51. The molecule has 0 atom stereocenters. The number of hydrogen-bond acceptors (Lipinski definition) is 3. The van der Waals surface area contributed by atoms with Crippen molar-refractivity contribution in [3.8, 4) is 6.07 Å². The minimum absolute atomic E-state index is 0.541. The maximum absolute atomic E-state index is 9.13. The van der Waals surface area contributed by atoms with E-state index >= 15 is 0 Å². The second-order valence-corrected chi connectivity index (χ2v) is 5.08. The van der Waals surface area contributed by atoms with Crippen molar-refractivity contribution < 1.29 is 0 Å². The van der Waals surface area contributed by atoms with Crippen molar-refractivity contribution in [2.75, 3.05) is 5.32 Å². The Balaban J connectivity index is 2.43. The molecule has 92 valence electrons. The first-order valence-corrected chi connectivity index (χ1v) is 6.35. The van der Waals surface area contributed by atoms with E-state index in [0.29, 0.717) is 22.1 Å². The number of aromatic nitrogens is 2. The lowest BCUT2D eigenvalue weighted by Crippen LogP contribution is -2.00. The van der Waals surface area contributed by atoms with Gasteiger partial charge in [-0.1, -0.05) is 11.6 Å². The Morgan fingerprint density at radius 1 is 1.50 bits per heavy atom. The zero-order valence-corrected chi connectivity index (χ0v) is 12.2. The van der Waals surface area contributed by atoms with Crippen LogP contribution in [-0.2, 0) is 7.05 Å². The molecule has 6 heteroatoms. The molecule has 0 saturated carbocycles. The van der Waals surface area contributed by atoms with Gasteiger partial charge in [0.1, 0.15) is 17.5 Å². The van der Waals surface area contributed by atoms with Gasteiger partial charge in [0.15, 0.2) is 0 Å². The third-order valence-corrected chi connectivity index (χ3v) is 3.41. The van der Waals surface area contributed by atoms with Gasteiger partial charge in [-0.05, 0) is 41.1 Å². The first-order chi connectivity index (χ1) is 8.52. The summed E-state index contributed by atoms with van der Waals surface area (Å²) in [6.07, 6.45) is 0. The number of nitrogens with zero attached hydrogens (tertiary/aromatic N) is 3. The molecule has 0 aliphatic rings. The molecule has 0 aliphatic heterocycles. The van der Waals surface area contributed by atoms with E-state index < -0.39 is 0 Å². The summed E-state index contributed by atoms with van der Waals surface area (Å²) in [7, 11) is 1.79. The summed E-state index contributed by atoms with van der Waals surface area (Å²) in [5.74, 6) is 0.665. The van der Waals surface area contributed by atoms with Gasteiger partial charge in [-0.2, -0.15) is 10.4 Å². The lowest BCUT2D eigenvalue weighted by atomic mass is 10.2. The van der Waals surface area contributed by atoms with Crippen LogP contribution in [0.2, 0.25) is 5.02 Å². The van der Waals surface area contributed by atoms with Gasteiger partial charge in [-0.15, -0.1) is 0 Å². The van der Waals surface area contributed by atoms with Crippen molar-refractivity contribution >= 4 is 39.0 Å². The second-order valence-electron chi connectivity index (χ2n) is 3.79. The van der Waals surface area contributed by atoms with Crippen LogP contribution in [0.4, 0.5) is 11.5 Å². The summed E-state index contributed by atoms with van der Waals surface area (Å²) in [4.78, 5) is 0. The van der Waals surface area contributed by atoms with E-state index in [2.05, 4.69) is 32.4 Å². The van der Waals surface area contributed by atoms with Crippen molar-refractivity contribution in [3.05, 3.63) is 39.0 Å². The van der Waals surface area contributed by atoms with Crippen LogP contribution in [0.3, 0.4) is 0 Å². The van der Waals surface area contributed by atoms with Gasteiger partial charge in [0, 0.05) is 16.5 Å². The number of benzene rings is 1. The molecule has 2 aromatic rings. The summed E-state index contributed by atoms with van der Waals surface area (Å²) >= 11 is 9.31. The number of rotatable bonds is 2. The van der Waals surface area contributed by atoms with E-state index in [1.165, 1.54) is 0 Å². The predicted octanol–water partition coefficient (Wildman–Crippen LogP) is 3.76. The first-order valence-electron chi connectivity index (χ1n) is 5.18. The molecule has 1 N–H and O–H groups in total. The molecule has 0 saturated heterocycles. The molecule has 0 aliphatic carbocycles. The van der Waals surface area contributed by atoms with Crippen molar-refractivity contribution in [2.45, 2.75) is 6.92 Å². The van der Waals surface area contributed by atoms with E-state index in [1.54, 1.807) is 30.8 Å². The van der Waals surface area contributed by atoms with Gasteiger partial charge in [-0.3, -0.25) is 4.68 Å². The monoisotopic (exact) mass is 324 g/mol. The minimum Gasteiger partial charge on any atom is -0.338 e. The Bertz CT molecular complexity index is 642. The molecule has 0 spiro atoms. The van der Waals surface area contributed by atoms with Crippen LogP contribution in [0, 0.1) is 18.3 Å². The molecule has 18 heavy (non-hydrogen) atoms. The van der Waals surface area contributed by atoms with Crippen molar-refractivity contribution in [1.29, 1.82) is 5.26 Å². The van der Waals surface area contributed by atoms with E-state index in [-0.39, 0.29) is 0 Å². The van der Waals surface area contributed by atoms with Crippen molar-refractivity contribution in [3.63, 3.8) is 0 Å². The summed E-state index contributed by atoms with van der Waals surface area (Å²) in [5.41, 5.74) is 2.07. The van der Waals surface area contributed by atoms with Crippen LogP contribution in [0.25, 0.3) is 0 Å². The highest BCUT2D eigenvalue weighted by atomic mass is 79.9. The van der Waals surface area contributed by atoms with Gasteiger partial charge in [0.05, 0.1) is 11.4 Å². The van der Waals surface area contributed by atoms with Crippen LogP contribution >= 0.6 is 27.5 Å². The van der Waals surface area contributed by atoms with Crippen LogP contribution in [0.15, 0.2) is 22.7 Å². The van der Waals surface area contributed by atoms with E-state index in [9.17, 15) is 0 Å². The van der Waals surface area contributed by atoms with Crippen LogP contribution in [0.5, 0.6) is 0 Å². The van der Waals surface area contributed by atoms with Gasteiger partial charge < -0.3 is 5.32 Å². The molecule has 0 fully saturated rings. The molecule has 1 heterocycles. The molecule has 0 amide bonds. The topological polar surface area (TPSA) is 53.6 Å². The summed E-state index contributed by atoms with van der Waals surface area (Å²) in [6, 6.07) is 7.56. The standard InChI is InChI=1S/C12H10BrClN4/c1-7-9(6-15)12(18(2)17-7)16-11-4-3-8(14)5-10(11)13/h3-5,16H,1-2H3. The minimum atomic E-state index is 0.541. The third kappa shape index (κ3) is 2.35. The fourth-order valence-electron chi connectivity index (χ4n) is 1.65. The zero-order valence-electron chi connectivity index (χ0n) is 9.83. The van der Waals surface area contributed by atoms with Gasteiger partial charge in [0.2, 0.25) is 0 Å². The Morgan fingerprint density at radius 3 is 2.83 bits per heavy atom. The van der Waals surface area contributed by atoms with Gasteiger partial charge in [-0.25, -0.2) is 0 Å². The SMILES string of the molecule is Cc1nn(C)c(Nc2ccc(Cl)cc2Br)c1C#N. The van der Waals surface area contributed by atoms with E-state index in [4.69, 9.17) is 16.9 Å². The largest absolute Gasteiger partial charge is 0.338 e. The van der Waals surface area contributed by atoms with E-state index in [0.717, 1.165) is 10.2 Å². The average molecular weight is 326 g/mol. The maximum Gasteiger partial charge on any atom is 0.146 e. The number of nitriles is 1. The van der Waals surface area contributed by atoms with Gasteiger partial charge in [0.25, 0.3) is 0 Å². The fourth-order valence-corrected chi connectivity index (χ4v) is 2.44. The smallest absolute Gasteiger partial charge is 0.146 e. The highest BCUT2D eigenvalue weighted by molar-refractivity contribution is 9.10. The number of aryl methyl sites for hydroxylation is 2. The third-order valence-electron chi connectivity index (χ3n) is 2.52. The van der Waals surface area contributed by atoms with Crippen molar-refractivity contribution in [2.24, 2.45) is 7.05 Å². The number of halogens is 2. The molecule has 0 unspecified atom stereocenters. The lowest BCUT2D eigenvalue weighted by molar-refractivity contribution is 0.765. The molecule has 2 rings (SSSR count). The molecular weight excluding hydrogens is 316 g/mol. The Kier molecular flexibility index (Phi) is 3.60. The van der Waals surface area contributed by atoms with E-state index in [1.807, 2.05) is 6.07 Å². The maximum atomic E-state index is 9.13. The first kappa shape index (κ1) is 12.9. The van der Waals surface area contributed by atoms with Crippen LogP contribution < -0.4 is 5.32 Å². The normalized spacial score (nSPS) is 10.2. The summed E-state index contributed by atoms with van der Waals surface area (Å²) < 4.78 is 2.48. The predicted molar refractivity (Wildman–Crippen MR) is 75.1 cm³/mol. The molecule has 4 nitrogen and oxygen atoms in total. The molecule has 0 bridgehead atoms. The molecule has 0 radical (unpaired) electrons. The summed E-state index contributed by atoms with van der Waals surface area (Å²) in [5, 5.41) is 17.2. The lowest BCUT2D eigenvalue weighted by Gasteiger charge is -2.09. The number of anilines is 2. The highest BCUT2D eigenvalue weighted by Crippen LogP contribution is 2.30. The average Bonchev–Trinajstić information content (AvgIpc) is 2.57. The van der Waals surface area contributed by atoms with Gasteiger partial charge >= 0.3 is 0 Å². The van der Waals surface area contributed by atoms with Crippen LogP contribution in [0.1, 0.15) is 11.3 Å². The Labute approximate surface area is 118 Å². The second kappa shape index (κ2) is 5.01. The molecule has 1 aromatic carbocycles. The number of hydrogen-bond donors (Lipinski definition) is 1. The zero-order chi connectivity index (χ0) is 13.3. The summed E-state index contributed by atoms with van der Waals surface area (Å²) in [6.45, 7) is 1.81. The van der Waals surface area contributed by atoms with Crippen molar-refractivity contribution in [1.82, 2.24) is 9.78 Å².